The van der Waals surface area contributed by atoms with Crippen molar-refractivity contribution in [1.29, 1.82) is 0 Å². The summed E-state index contributed by atoms with van der Waals surface area (Å²) in [6.07, 6.45) is 0.754. The first kappa shape index (κ1) is 15.1. The van der Waals surface area contributed by atoms with Crippen molar-refractivity contribution in [3.05, 3.63) is 41.7 Å². The van der Waals surface area contributed by atoms with Crippen molar-refractivity contribution in [1.82, 2.24) is 9.97 Å². The van der Waals surface area contributed by atoms with Crippen molar-refractivity contribution in [3.8, 4) is 5.75 Å². The lowest BCUT2D eigenvalue weighted by molar-refractivity contribution is 0.332. The van der Waals surface area contributed by atoms with E-state index in [1.54, 1.807) is 0 Å². The summed E-state index contributed by atoms with van der Waals surface area (Å²) in [6, 6.07) is 9.72. The van der Waals surface area contributed by atoms with Gasteiger partial charge in [0, 0.05) is 12.0 Å². The first-order chi connectivity index (χ1) is 10.2. The highest BCUT2D eigenvalue weighted by Gasteiger charge is 2.08. The third-order valence-electron chi connectivity index (χ3n) is 3.05. The van der Waals surface area contributed by atoms with Crippen LogP contribution < -0.4 is 21.3 Å². The maximum atomic E-state index is 5.63. The predicted molar refractivity (Wildman–Crippen MR) is 84.4 cm³/mol. The van der Waals surface area contributed by atoms with E-state index in [4.69, 9.17) is 10.6 Å². The van der Waals surface area contributed by atoms with E-state index < -0.39 is 0 Å². The van der Waals surface area contributed by atoms with Crippen molar-refractivity contribution in [2.45, 2.75) is 20.3 Å². The van der Waals surface area contributed by atoms with Crippen molar-refractivity contribution in [2.75, 3.05) is 23.9 Å². The summed E-state index contributed by atoms with van der Waals surface area (Å²) in [5.74, 6) is 8.52. The number of ether oxygens (including phenoxy) is 1. The molecule has 21 heavy (non-hydrogen) atoms. The zero-order valence-electron chi connectivity index (χ0n) is 12.4. The molecular weight excluding hydrogens is 266 g/mol. The fourth-order valence-corrected chi connectivity index (χ4v) is 1.89. The summed E-state index contributed by atoms with van der Waals surface area (Å²) in [5.41, 5.74) is 3.50. The van der Waals surface area contributed by atoms with Crippen LogP contribution in [0, 0.1) is 6.92 Å². The summed E-state index contributed by atoms with van der Waals surface area (Å²) in [6.45, 7) is 5.14. The van der Waals surface area contributed by atoms with Gasteiger partial charge in [-0.1, -0.05) is 25.1 Å². The van der Waals surface area contributed by atoms with Crippen LogP contribution in [-0.2, 0) is 6.42 Å². The second-order valence-corrected chi connectivity index (χ2v) is 4.55. The predicted octanol–water partition coefficient (Wildman–Crippen LogP) is 2.12. The Bertz CT molecular complexity index is 574. The number of nitrogens with one attached hydrogen (secondary N) is 2. The monoisotopic (exact) mass is 287 g/mol. The average molecular weight is 287 g/mol. The van der Waals surface area contributed by atoms with E-state index in [2.05, 4.69) is 20.7 Å². The number of nitrogens with zero attached hydrogens (tertiary/aromatic N) is 2. The Morgan fingerprint density at radius 2 is 1.86 bits per heavy atom. The van der Waals surface area contributed by atoms with Gasteiger partial charge in [-0.15, -0.1) is 0 Å². The number of para-hydroxylation sites is 1. The van der Waals surface area contributed by atoms with Crippen molar-refractivity contribution < 1.29 is 4.74 Å². The first-order valence-corrected chi connectivity index (χ1v) is 7.00. The molecule has 0 aliphatic heterocycles. The molecule has 2 aromatic rings. The Balaban J connectivity index is 1.93. The zero-order chi connectivity index (χ0) is 15.1. The number of nitrogen functional groups attached to an aromatic ring is 1. The summed E-state index contributed by atoms with van der Waals surface area (Å²) in [5, 5.41) is 3.26. The van der Waals surface area contributed by atoms with Crippen LogP contribution in [0.25, 0.3) is 0 Å². The molecule has 1 aromatic heterocycles. The fourth-order valence-electron chi connectivity index (χ4n) is 1.89. The van der Waals surface area contributed by atoms with Crippen LogP contribution in [0.4, 0.5) is 11.6 Å². The van der Waals surface area contributed by atoms with Crippen LogP contribution in [0.3, 0.4) is 0 Å². The van der Waals surface area contributed by atoms with Gasteiger partial charge in [0.25, 0.3) is 0 Å². The average Bonchev–Trinajstić information content (AvgIpc) is 2.54. The second kappa shape index (κ2) is 7.44. The smallest absolute Gasteiger partial charge is 0.148 e. The van der Waals surface area contributed by atoms with Crippen LogP contribution in [0.5, 0.6) is 5.75 Å². The van der Waals surface area contributed by atoms with Crippen molar-refractivity contribution in [3.63, 3.8) is 0 Å². The molecule has 0 aliphatic rings. The Kier molecular flexibility index (Phi) is 5.34. The van der Waals surface area contributed by atoms with E-state index >= 15 is 0 Å². The van der Waals surface area contributed by atoms with Gasteiger partial charge in [-0.3, -0.25) is 0 Å². The molecule has 0 amide bonds. The first-order valence-electron chi connectivity index (χ1n) is 7.00. The highest BCUT2D eigenvalue weighted by atomic mass is 16.5. The van der Waals surface area contributed by atoms with E-state index in [1.807, 2.05) is 44.2 Å². The lowest BCUT2D eigenvalue weighted by atomic mass is 10.3. The number of benzene rings is 1. The lowest BCUT2D eigenvalue weighted by Gasteiger charge is -2.13. The minimum absolute atomic E-state index is 0.556. The van der Waals surface area contributed by atoms with Crippen LogP contribution in [0.1, 0.15) is 18.3 Å². The molecule has 0 saturated carbocycles. The molecule has 0 unspecified atom stereocenters. The minimum atomic E-state index is 0.556. The van der Waals surface area contributed by atoms with Gasteiger partial charge in [0.05, 0.1) is 6.54 Å². The van der Waals surface area contributed by atoms with Gasteiger partial charge >= 0.3 is 0 Å². The van der Waals surface area contributed by atoms with Crippen molar-refractivity contribution >= 4 is 11.6 Å². The van der Waals surface area contributed by atoms with Crippen LogP contribution in [0.2, 0.25) is 0 Å². The van der Waals surface area contributed by atoms with Crippen molar-refractivity contribution in [2.24, 2.45) is 5.84 Å². The Labute approximate surface area is 124 Å². The molecule has 1 heterocycles. The largest absolute Gasteiger partial charge is 0.492 e. The van der Waals surface area contributed by atoms with E-state index in [-0.39, 0.29) is 0 Å². The molecule has 0 aliphatic carbocycles. The molecule has 0 radical (unpaired) electrons. The van der Waals surface area contributed by atoms with E-state index in [0.717, 1.165) is 29.4 Å². The molecule has 1 aromatic carbocycles. The summed E-state index contributed by atoms with van der Waals surface area (Å²) >= 11 is 0. The zero-order valence-corrected chi connectivity index (χ0v) is 12.4. The number of nitrogens with two attached hydrogens (primary N) is 1. The fraction of sp³-hybridized carbons (Fsp3) is 0.333. The minimum Gasteiger partial charge on any atom is -0.492 e. The number of aryl methyl sites for hydroxylation is 1. The molecule has 2 rings (SSSR count). The maximum Gasteiger partial charge on any atom is 0.148 e. The van der Waals surface area contributed by atoms with Gasteiger partial charge in [0.15, 0.2) is 0 Å². The topological polar surface area (TPSA) is 85.1 Å². The lowest BCUT2D eigenvalue weighted by Crippen LogP contribution is -2.17. The second-order valence-electron chi connectivity index (χ2n) is 4.55. The molecule has 4 N–H and O–H groups in total. The van der Waals surface area contributed by atoms with Crippen LogP contribution >= 0.6 is 0 Å². The number of anilines is 2. The third-order valence-corrected chi connectivity index (χ3v) is 3.05. The normalized spacial score (nSPS) is 10.2. The molecule has 0 fully saturated rings. The van der Waals surface area contributed by atoms with E-state index in [9.17, 15) is 0 Å². The van der Waals surface area contributed by atoms with Gasteiger partial charge in [0.2, 0.25) is 0 Å². The van der Waals surface area contributed by atoms with E-state index in [0.29, 0.717) is 19.0 Å². The highest BCUT2D eigenvalue weighted by molar-refractivity contribution is 5.56. The van der Waals surface area contributed by atoms with Crippen LogP contribution in [-0.4, -0.2) is 23.1 Å². The molecule has 0 saturated heterocycles. The Morgan fingerprint density at radius 1 is 1.14 bits per heavy atom. The molecule has 0 spiro atoms. The standard InChI is InChI=1S/C15H21N5O/c1-3-13-18-14(11(2)15(19-13)20-16)17-9-10-21-12-7-5-4-6-8-12/h4-8H,3,9-10,16H2,1-2H3,(H2,17,18,19,20). The van der Waals surface area contributed by atoms with Gasteiger partial charge in [-0.2, -0.15) is 0 Å². The third kappa shape index (κ3) is 4.06. The number of hydrogen-bond donors (Lipinski definition) is 3. The van der Waals surface area contributed by atoms with Gasteiger partial charge in [0.1, 0.15) is 29.8 Å². The number of aromatic nitrogens is 2. The quantitative estimate of drug-likeness (QED) is 0.411. The molecular formula is C15H21N5O. The number of hydrazine groups is 1. The summed E-state index contributed by atoms with van der Waals surface area (Å²) < 4.78 is 5.63. The van der Waals surface area contributed by atoms with Crippen LogP contribution in [0.15, 0.2) is 30.3 Å². The van der Waals surface area contributed by atoms with Gasteiger partial charge < -0.3 is 15.5 Å². The maximum absolute atomic E-state index is 5.63. The molecule has 0 atom stereocenters. The Hall–Kier alpha value is -2.34. The van der Waals surface area contributed by atoms with Gasteiger partial charge in [-0.05, 0) is 19.1 Å². The SMILES string of the molecule is CCc1nc(NN)c(C)c(NCCOc2ccccc2)n1. The van der Waals surface area contributed by atoms with Gasteiger partial charge in [-0.25, -0.2) is 15.8 Å². The molecule has 0 bridgehead atoms. The molecule has 6 heteroatoms. The molecule has 6 nitrogen and oxygen atoms in total. The number of hydrogen-bond acceptors (Lipinski definition) is 6. The highest BCUT2D eigenvalue weighted by Crippen LogP contribution is 2.19. The molecule has 112 valence electrons. The summed E-state index contributed by atoms with van der Waals surface area (Å²) in [7, 11) is 0. The Morgan fingerprint density at radius 3 is 2.52 bits per heavy atom. The number of rotatable bonds is 7. The summed E-state index contributed by atoms with van der Waals surface area (Å²) in [4.78, 5) is 8.80. The van der Waals surface area contributed by atoms with E-state index in [1.165, 1.54) is 0 Å².